The van der Waals surface area contributed by atoms with Crippen LogP contribution >= 0.6 is 0 Å². The molecule has 7 nitrogen and oxygen atoms in total. The van der Waals surface area contributed by atoms with Crippen LogP contribution in [0.3, 0.4) is 0 Å². The minimum absolute atomic E-state index is 0.108. The van der Waals surface area contributed by atoms with E-state index in [1.54, 1.807) is 29.2 Å². The molecule has 1 heterocycles. The third-order valence-electron chi connectivity index (χ3n) is 5.69. The Morgan fingerprint density at radius 2 is 1.76 bits per heavy atom. The van der Waals surface area contributed by atoms with Crippen molar-refractivity contribution in [2.24, 2.45) is 0 Å². The first-order valence-corrected chi connectivity index (χ1v) is 11.2. The van der Waals surface area contributed by atoms with Gasteiger partial charge in [0.2, 0.25) is 0 Å². The van der Waals surface area contributed by atoms with Crippen LogP contribution in [-0.2, 0) is 9.59 Å². The molecular weight excluding hydrogens is 418 g/mol. The lowest BCUT2D eigenvalue weighted by Gasteiger charge is -2.26. The van der Waals surface area contributed by atoms with Gasteiger partial charge in [-0.2, -0.15) is 0 Å². The standard InChI is InChI=1S/C26H33N3O4/c1-6-33-21-10-7-9-19(17-21)24(30)22-23(18-11-13-20(14-12-18)28(4)5)29(26(32)25(22)31)16-8-15-27(2)3/h7,9-14,17,23,30H,6,8,15-16H2,1-5H3. The van der Waals surface area contributed by atoms with Crippen LogP contribution in [0.15, 0.2) is 54.1 Å². The highest BCUT2D eigenvalue weighted by atomic mass is 16.5. The van der Waals surface area contributed by atoms with Crippen molar-refractivity contribution in [3.8, 4) is 5.75 Å². The van der Waals surface area contributed by atoms with E-state index >= 15 is 0 Å². The first-order valence-electron chi connectivity index (χ1n) is 11.2. The van der Waals surface area contributed by atoms with Gasteiger partial charge in [0.15, 0.2) is 0 Å². The van der Waals surface area contributed by atoms with E-state index in [1.807, 2.05) is 69.2 Å². The molecule has 1 N–H and O–H groups in total. The molecule has 0 spiro atoms. The summed E-state index contributed by atoms with van der Waals surface area (Å²) in [5.41, 5.74) is 2.35. The number of likely N-dealkylation sites (tertiary alicyclic amines) is 1. The van der Waals surface area contributed by atoms with E-state index in [0.717, 1.165) is 17.8 Å². The van der Waals surface area contributed by atoms with Crippen molar-refractivity contribution in [2.45, 2.75) is 19.4 Å². The largest absolute Gasteiger partial charge is 0.507 e. The molecule has 1 atom stereocenters. The van der Waals surface area contributed by atoms with Crippen molar-refractivity contribution < 1.29 is 19.4 Å². The van der Waals surface area contributed by atoms with E-state index in [-0.39, 0.29) is 11.3 Å². The molecule has 1 aliphatic rings. The lowest BCUT2D eigenvalue weighted by Crippen LogP contribution is -2.32. The predicted octanol–water partition coefficient (Wildman–Crippen LogP) is 3.52. The van der Waals surface area contributed by atoms with Gasteiger partial charge in [0.1, 0.15) is 11.5 Å². The average Bonchev–Trinajstić information content (AvgIpc) is 3.04. The third-order valence-corrected chi connectivity index (χ3v) is 5.69. The number of ketones is 1. The Hall–Kier alpha value is -3.32. The van der Waals surface area contributed by atoms with E-state index < -0.39 is 17.7 Å². The Kier molecular flexibility index (Phi) is 7.76. The van der Waals surface area contributed by atoms with Crippen LogP contribution in [0.5, 0.6) is 5.75 Å². The number of benzene rings is 2. The van der Waals surface area contributed by atoms with Gasteiger partial charge < -0.3 is 24.5 Å². The molecule has 176 valence electrons. The number of carbonyl (C=O) groups excluding carboxylic acids is 2. The fraction of sp³-hybridized carbons (Fsp3) is 0.385. The Labute approximate surface area is 195 Å². The number of nitrogens with zero attached hydrogens (tertiary/aromatic N) is 3. The molecule has 0 aliphatic carbocycles. The summed E-state index contributed by atoms with van der Waals surface area (Å²) in [5.74, 6) is -0.848. The minimum atomic E-state index is -0.666. The van der Waals surface area contributed by atoms with Crippen LogP contribution in [-0.4, -0.2) is 74.5 Å². The maximum Gasteiger partial charge on any atom is 0.295 e. The van der Waals surface area contributed by atoms with E-state index in [1.165, 1.54) is 0 Å². The highest BCUT2D eigenvalue weighted by Gasteiger charge is 2.45. The van der Waals surface area contributed by atoms with Crippen molar-refractivity contribution in [2.75, 3.05) is 52.8 Å². The van der Waals surface area contributed by atoms with Crippen molar-refractivity contribution in [1.29, 1.82) is 0 Å². The number of ether oxygens (including phenoxy) is 1. The number of amides is 1. The van der Waals surface area contributed by atoms with Crippen molar-refractivity contribution >= 4 is 23.1 Å². The molecule has 33 heavy (non-hydrogen) atoms. The quantitative estimate of drug-likeness (QED) is 0.357. The number of rotatable bonds is 9. The molecule has 1 aliphatic heterocycles. The second-order valence-electron chi connectivity index (χ2n) is 8.60. The van der Waals surface area contributed by atoms with Gasteiger partial charge in [0.25, 0.3) is 11.7 Å². The zero-order valence-corrected chi connectivity index (χ0v) is 20.0. The number of aliphatic hydroxyl groups is 1. The van der Waals surface area contributed by atoms with E-state index in [4.69, 9.17) is 4.74 Å². The summed E-state index contributed by atoms with van der Waals surface area (Å²) in [6.07, 6.45) is 0.714. The third kappa shape index (κ3) is 5.37. The van der Waals surface area contributed by atoms with Crippen LogP contribution < -0.4 is 9.64 Å². The SMILES string of the molecule is CCOc1cccc(C(O)=C2C(=O)C(=O)N(CCCN(C)C)C2c2ccc(N(C)C)cc2)c1. The first kappa shape index (κ1) is 24.3. The molecule has 7 heteroatoms. The molecule has 0 aromatic heterocycles. The molecule has 2 aromatic carbocycles. The number of Topliss-reactive ketones (excluding diaryl/α,β-unsaturated/α-hetero) is 1. The molecule has 2 aromatic rings. The van der Waals surface area contributed by atoms with Gasteiger partial charge in [-0.15, -0.1) is 0 Å². The van der Waals surface area contributed by atoms with Crippen molar-refractivity contribution in [1.82, 2.24) is 9.80 Å². The smallest absolute Gasteiger partial charge is 0.295 e. The molecule has 1 fully saturated rings. The number of hydrogen-bond donors (Lipinski definition) is 1. The maximum absolute atomic E-state index is 13.1. The Balaban J connectivity index is 2.09. The zero-order valence-electron chi connectivity index (χ0n) is 20.0. The molecule has 0 bridgehead atoms. The van der Waals surface area contributed by atoms with E-state index in [2.05, 4.69) is 0 Å². The lowest BCUT2D eigenvalue weighted by atomic mass is 9.95. The molecule has 3 rings (SSSR count). The molecule has 0 saturated carbocycles. The zero-order chi connectivity index (χ0) is 24.1. The van der Waals surface area contributed by atoms with E-state index in [9.17, 15) is 14.7 Å². The molecular formula is C26H33N3O4. The Bertz CT molecular complexity index is 1030. The summed E-state index contributed by atoms with van der Waals surface area (Å²) in [7, 11) is 7.84. The number of aliphatic hydroxyl groups excluding tert-OH is 1. The summed E-state index contributed by atoms with van der Waals surface area (Å²) in [5, 5.41) is 11.2. The van der Waals surface area contributed by atoms with Gasteiger partial charge in [-0.3, -0.25) is 9.59 Å². The maximum atomic E-state index is 13.1. The van der Waals surface area contributed by atoms with Gasteiger partial charge in [0, 0.05) is 31.9 Å². The fourth-order valence-corrected chi connectivity index (χ4v) is 4.02. The van der Waals surface area contributed by atoms with Crippen molar-refractivity contribution in [3.63, 3.8) is 0 Å². The summed E-state index contributed by atoms with van der Waals surface area (Å²) in [6.45, 7) is 3.56. The predicted molar refractivity (Wildman–Crippen MR) is 131 cm³/mol. The molecule has 1 saturated heterocycles. The highest BCUT2D eigenvalue weighted by molar-refractivity contribution is 6.46. The van der Waals surface area contributed by atoms with E-state index in [0.29, 0.717) is 30.9 Å². The highest BCUT2D eigenvalue weighted by Crippen LogP contribution is 2.40. The first-order chi connectivity index (χ1) is 15.7. The molecule has 1 unspecified atom stereocenters. The summed E-state index contributed by atoms with van der Waals surface area (Å²) in [4.78, 5) is 31.8. The van der Waals surface area contributed by atoms with Crippen LogP contribution in [0.2, 0.25) is 0 Å². The van der Waals surface area contributed by atoms with Crippen LogP contribution in [0.25, 0.3) is 5.76 Å². The summed E-state index contributed by atoms with van der Waals surface area (Å²) in [6, 6.07) is 14.0. The monoisotopic (exact) mass is 451 g/mol. The minimum Gasteiger partial charge on any atom is -0.507 e. The van der Waals surface area contributed by atoms with Crippen molar-refractivity contribution in [3.05, 3.63) is 65.2 Å². The normalized spacial score (nSPS) is 17.6. The van der Waals surface area contributed by atoms with Gasteiger partial charge in [-0.05, 0) is 63.8 Å². The number of hydrogen-bond acceptors (Lipinski definition) is 6. The van der Waals surface area contributed by atoms with Gasteiger partial charge in [0.05, 0.1) is 18.2 Å². The lowest BCUT2D eigenvalue weighted by molar-refractivity contribution is -0.139. The fourth-order valence-electron chi connectivity index (χ4n) is 4.02. The molecule has 1 amide bonds. The topological polar surface area (TPSA) is 73.3 Å². The Morgan fingerprint density at radius 3 is 2.36 bits per heavy atom. The average molecular weight is 452 g/mol. The van der Waals surface area contributed by atoms with Crippen LogP contribution in [0.1, 0.15) is 30.5 Å². The van der Waals surface area contributed by atoms with Crippen LogP contribution in [0.4, 0.5) is 5.69 Å². The Morgan fingerprint density at radius 1 is 1.06 bits per heavy atom. The number of carbonyl (C=O) groups is 2. The van der Waals surface area contributed by atoms with Crippen LogP contribution in [0, 0.1) is 0 Å². The summed E-state index contributed by atoms with van der Waals surface area (Å²) >= 11 is 0. The molecule has 0 radical (unpaired) electrons. The van der Waals surface area contributed by atoms with Gasteiger partial charge >= 0.3 is 0 Å². The second-order valence-corrected chi connectivity index (χ2v) is 8.60. The number of anilines is 1. The van der Waals surface area contributed by atoms with Gasteiger partial charge in [-0.25, -0.2) is 0 Å². The second kappa shape index (κ2) is 10.5. The summed E-state index contributed by atoms with van der Waals surface area (Å²) < 4.78 is 5.55. The van der Waals surface area contributed by atoms with Gasteiger partial charge in [-0.1, -0.05) is 24.3 Å².